The zero-order valence-electron chi connectivity index (χ0n) is 13.3. The van der Waals surface area contributed by atoms with E-state index >= 15 is 0 Å². The van der Waals surface area contributed by atoms with Crippen molar-refractivity contribution in [2.45, 2.75) is 26.1 Å². The second-order valence-electron chi connectivity index (χ2n) is 5.28. The quantitative estimate of drug-likeness (QED) is 0.841. The van der Waals surface area contributed by atoms with E-state index in [-0.39, 0.29) is 11.5 Å². The molecular formula is C17H15F3N2O3. The van der Waals surface area contributed by atoms with Gasteiger partial charge in [-0.3, -0.25) is 14.4 Å². The maximum absolute atomic E-state index is 12.7. The van der Waals surface area contributed by atoms with E-state index in [0.717, 1.165) is 10.6 Å². The Hall–Kier alpha value is -2.90. The van der Waals surface area contributed by atoms with Crippen LogP contribution in [0.25, 0.3) is 0 Å². The van der Waals surface area contributed by atoms with Crippen LogP contribution in [0.3, 0.4) is 0 Å². The maximum Gasteiger partial charge on any atom is 0.417 e. The summed E-state index contributed by atoms with van der Waals surface area (Å²) in [6.07, 6.45) is -3.67. The van der Waals surface area contributed by atoms with Gasteiger partial charge in [0.2, 0.25) is 5.91 Å². The summed E-state index contributed by atoms with van der Waals surface area (Å²) in [5.41, 5.74) is -0.982. The lowest BCUT2D eigenvalue weighted by molar-refractivity contribution is -0.138. The zero-order valence-corrected chi connectivity index (χ0v) is 13.3. The summed E-state index contributed by atoms with van der Waals surface area (Å²) in [6.45, 7) is 1.18. The number of carbonyl (C=O) groups excluding carboxylic acids is 2. The molecule has 1 aromatic heterocycles. The first kappa shape index (κ1) is 18.4. The fourth-order valence-electron chi connectivity index (χ4n) is 2.06. The molecule has 0 atom stereocenters. The van der Waals surface area contributed by atoms with Crippen molar-refractivity contribution in [3.05, 3.63) is 64.1 Å². The van der Waals surface area contributed by atoms with E-state index in [2.05, 4.69) is 5.32 Å². The Kier molecular flexibility index (Phi) is 5.41. The SMILES string of the molecule is CCC(=O)Nc1ccc(C(=O)Cn2cc(C(F)(F)F)ccc2=O)cc1. The second-order valence-corrected chi connectivity index (χ2v) is 5.28. The number of amides is 1. The van der Waals surface area contributed by atoms with Crippen molar-refractivity contribution in [2.75, 3.05) is 5.32 Å². The number of anilines is 1. The molecule has 25 heavy (non-hydrogen) atoms. The van der Waals surface area contributed by atoms with Crippen LogP contribution < -0.4 is 10.9 Å². The van der Waals surface area contributed by atoms with Gasteiger partial charge in [-0.05, 0) is 30.3 Å². The summed E-state index contributed by atoms with van der Waals surface area (Å²) >= 11 is 0. The van der Waals surface area contributed by atoms with E-state index in [1.165, 1.54) is 24.3 Å². The predicted molar refractivity (Wildman–Crippen MR) is 85.4 cm³/mol. The number of hydrogen-bond acceptors (Lipinski definition) is 3. The Morgan fingerprint density at radius 2 is 1.72 bits per heavy atom. The third kappa shape index (κ3) is 4.79. The van der Waals surface area contributed by atoms with Gasteiger partial charge in [-0.25, -0.2) is 0 Å². The largest absolute Gasteiger partial charge is 0.417 e. The molecule has 5 nitrogen and oxygen atoms in total. The van der Waals surface area contributed by atoms with E-state index in [1.807, 2.05) is 0 Å². The number of benzene rings is 1. The summed E-state index contributed by atoms with van der Waals surface area (Å²) in [4.78, 5) is 35.1. The molecule has 1 aromatic carbocycles. The molecule has 1 N–H and O–H groups in total. The summed E-state index contributed by atoms with van der Waals surface area (Å²) in [7, 11) is 0. The summed E-state index contributed by atoms with van der Waals surface area (Å²) < 4.78 is 38.8. The Morgan fingerprint density at radius 1 is 1.08 bits per heavy atom. The normalized spacial score (nSPS) is 11.2. The van der Waals surface area contributed by atoms with Crippen LogP contribution in [0.2, 0.25) is 0 Å². The van der Waals surface area contributed by atoms with E-state index in [1.54, 1.807) is 6.92 Å². The first-order chi connectivity index (χ1) is 11.7. The number of pyridine rings is 1. The number of hydrogen-bond donors (Lipinski definition) is 1. The Balaban J connectivity index is 2.17. The standard InChI is InChI=1S/C17H15F3N2O3/c1-2-15(24)21-13-6-3-11(4-7-13)14(23)10-22-9-12(17(18,19)20)5-8-16(22)25/h3-9H,2,10H2,1H3,(H,21,24). The third-order valence-electron chi connectivity index (χ3n) is 3.44. The molecule has 1 heterocycles. The van der Waals surface area contributed by atoms with Crippen molar-refractivity contribution in [2.24, 2.45) is 0 Å². The Morgan fingerprint density at radius 3 is 2.28 bits per heavy atom. The molecule has 0 aliphatic carbocycles. The molecule has 2 aromatic rings. The van der Waals surface area contributed by atoms with E-state index in [4.69, 9.17) is 0 Å². The van der Waals surface area contributed by atoms with Crippen molar-refractivity contribution in [1.82, 2.24) is 4.57 Å². The molecule has 0 bridgehead atoms. The molecular weight excluding hydrogens is 337 g/mol. The van der Waals surface area contributed by atoms with Crippen molar-refractivity contribution < 1.29 is 22.8 Å². The van der Waals surface area contributed by atoms with Crippen LogP contribution in [0.15, 0.2) is 47.4 Å². The summed E-state index contributed by atoms with van der Waals surface area (Å²) in [5.74, 6) is -0.704. The minimum absolute atomic E-state index is 0.186. The van der Waals surface area contributed by atoms with E-state index in [9.17, 15) is 27.6 Å². The molecule has 0 spiro atoms. The highest BCUT2D eigenvalue weighted by molar-refractivity contribution is 5.97. The fraction of sp³-hybridized carbons (Fsp3) is 0.235. The van der Waals surface area contributed by atoms with Gasteiger partial charge in [0.15, 0.2) is 5.78 Å². The van der Waals surface area contributed by atoms with Gasteiger partial charge < -0.3 is 9.88 Å². The van der Waals surface area contributed by atoms with Gasteiger partial charge >= 0.3 is 6.18 Å². The lowest BCUT2D eigenvalue weighted by Gasteiger charge is -2.10. The minimum Gasteiger partial charge on any atom is -0.326 e. The maximum atomic E-state index is 12.7. The van der Waals surface area contributed by atoms with Gasteiger partial charge in [0.05, 0.1) is 12.1 Å². The minimum atomic E-state index is -4.60. The molecule has 0 unspecified atom stereocenters. The number of nitrogens with one attached hydrogen (secondary N) is 1. The monoisotopic (exact) mass is 352 g/mol. The van der Waals surface area contributed by atoms with Gasteiger partial charge in [0, 0.05) is 29.9 Å². The molecule has 0 radical (unpaired) electrons. The first-order valence-corrected chi connectivity index (χ1v) is 7.41. The van der Waals surface area contributed by atoms with Crippen LogP contribution >= 0.6 is 0 Å². The number of ketones is 1. The topological polar surface area (TPSA) is 68.2 Å². The van der Waals surface area contributed by atoms with Gasteiger partial charge in [0.1, 0.15) is 0 Å². The molecule has 8 heteroatoms. The fourth-order valence-corrected chi connectivity index (χ4v) is 2.06. The average Bonchev–Trinajstić information content (AvgIpc) is 2.56. The molecule has 0 saturated heterocycles. The Labute approximate surface area is 141 Å². The highest BCUT2D eigenvalue weighted by atomic mass is 19.4. The summed E-state index contributed by atoms with van der Waals surface area (Å²) in [6, 6.07) is 7.35. The van der Waals surface area contributed by atoms with Crippen LogP contribution in [0.4, 0.5) is 18.9 Å². The second kappa shape index (κ2) is 7.33. The molecule has 0 aliphatic rings. The van der Waals surface area contributed by atoms with Crippen molar-refractivity contribution in [3.8, 4) is 0 Å². The van der Waals surface area contributed by atoms with Gasteiger partial charge in [-0.15, -0.1) is 0 Å². The highest BCUT2D eigenvalue weighted by Gasteiger charge is 2.31. The molecule has 132 valence electrons. The predicted octanol–water partition coefficient (Wildman–Crippen LogP) is 3.10. The molecule has 1 amide bonds. The highest BCUT2D eigenvalue weighted by Crippen LogP contribution is 2.28. The van der Waals surface area contributed by atoms with Crippen LogP contribution in [-0.2, 0) is 17.5 Å². The number of halogens is 3. The van der Waals surface area contributed by atoms with Crippen LogP contribution in [0.1, 0.15) is 29.3 Å². The lowest BCUT2D eigenvalue weighted by atomic mass is 10.1. The number of Topliss-reactive ketones (excluding diaryl/α,β-unsaturated/α-hetero) is 1. The number of alkyl halides is 3. The first-order valence-electron chi connectivity index (χ1n) is 7.41. The smallest absolute Gasteiger partial charge is 0.326 e. The number of aromatic nitrogens is 1. The van der Waals surface area contributed by atoms with Gasteiger partial charge in [-0.2, -0.15) is 13.2 Å². The number of rotatable bonds is 5. The van der Waals surface area contributed by atoms with E-state index in [0.29, 0.717) is 24.4 Å². The molecule has 2 rings (SSSR count). The lowest BCUT2D eigenvalue weighted by Crippen LogP contribution is -2.25. The van der Waals surface area contributed by atoms with Crippen molar-refractivity contribution in [3.63, 3.8) is 0 Å². The van der Waals surface area contributed by atoms with Crippen molar-refractivity contribution in [1.29, 1.82) is 0 Å². The molecule has 0 saturated carbocycles. The van der Waals surface area contributed by atoms with Crippen molar-refractivity contribution >= 4 is 17.4 Å². The van der Waals surface area contributed by atoms with Gasteiger partial charge in [0.25, 0.3) is 5.56 Å². The third-order valence-corrected chi connectivity index (χ3v) is 3.44. The number of nitrogens with zero attached hydrogens (tertiary/aromatic N) is 1. The van der Waals surface area contributed by atoms with Crippen LogP contribution in [0.5, 0.6) is 0 Å². The van der Waals surface area contributed by atoms with Crippen LogP contribution in [0, 0.1) is 0 Å². The number of carbonyl (C=O) groups is 2. The van der Waals surface area contributed by atoms with Crippen LogP contribution in [-0.4, -0.2) is 16.3 Å². The molecule has 0 fully saturated rings. The average molecular weight is 352 g/mol. The van der Waals surface area contributed by atoms with E-state index < -0.39 is 29.6 Å². The zero-order chi connectivity index (χ0) is 18.6. The summed E-state index contributed by atoms with van der Waals surface area (Å²) in [5, 5.41) is 2.61. The Bertz CT molecular complexity index is 839. The van der Waals surface area contributed by atoms with Gasteiger partial charge in [-0.1, -0.05) is 6.92 Å². The molecule has 0 aliphatic heterocycles.